The molecule has 146 valence electrons. The SMILES string of the molecule is Cn1cnnc1CN1CCC[C@@H](CNC(=O)c2cccc(C(F)(F)F)c2)C1. The number of rotatable bonds is 5. The zero-order valence-corrected chi connectivity index (χ0v) is 15.0. The molecule has 1 fully saturated rings. The number of benzene rings is 1. The second-order valence-electron chi connectivity index (χ2n) is 6.89. The average molecular weight is 381 g/mol. The van der Waals surface area contributed by atoms with Crippen LogP contribution in [0, 0.1) is 5.92 Å². The van der Waals surface area contributed by atoms with E-state index in [1.807, 2.05) is 11.6 Å². The number of aryl methyl sites for hydroxylation is 1. The van der Waals surface area contributed by atoms with E-state index in [9.17, 15) is 18.0 Å². The van der Waals surface area contributed by atoms with Gasteiger partial charge in [-0.15, -0.1) is 10.2 Å². The van der Waals surface area contributed by atoms with Crippen LogP contribution in [0.15, 0.2) is 30.6 Å². The normalized spacial score (nSPS) is 18.4. The number of carbonyl (C=O) groups excluding carboxylic acids is 1. The van der Waals surface area contributed by atoms with E-state index in [1.165, 1.54) is 12.1 Å². The van der Waals surface area contributed by atoms with Gasteiger partial charge in [0.25, 0.3) is 5.91 Å². The first-order valence-corrected chi connectivity index (χ1v) is 8.83. The molecule has 1 aliphatic heterocycles. The van der Waals surface area contributed by atoms with E-state index in [4.69, 9.17) is 0 Å². The molecule has 3 rings (SSSR count). The lowest BCUT2D eigenvalue weighted by Crippen LogP contribution is -2.41. The molecule has 2 heterocycles. The maximum absolute atomic E-state index is 12.8. The van der Waals surface area contributed by atoms with Gasteiger partial charge in [0.1, 0.15) is 12.2 Å². The first-order chi connectivity index (χ1) is 12.8. The summed E-state index contributed by atoms with van der Waals surface area (Å²) < 4.78 is 40.2. The lowest BCUT2D eigenvalue weighted by Gasteiger charge is -2.32. The molecule has 1 amide bonds. The number of hydrogen-bond acceptors (Lipinski definition) is 4. The van der Waals surface area contributed by atoms with Crippen molar-refractivity contribution in [2.45, 2.75) is 25.6 Å². The molecule has 1 saturated heterocycles. The van der Waals surface area contributed by atoms with Crippen molar-refractivity contribution in [1.82, 2.24) is 25.0 Å². The van der Waals surface area contributed by atoms with E-state index >= 15 is 0 Å². The topological polar surface area (TPSA) is 63.1 Å². The molecule has 0 saturated carbocycles. The smallest absolute Gasteiger partial charge is 0.352 e. The molecule has 1 aliphatic rings. The average Bonchev–Trinajstić information content (AvgIpc) is 3.04. The van der Waals surface area contributed by atoms with Gasteiger partial charge in [0.05, 0.1) is 12.1 Å². The highest BCUT2D eigenvalue weighted by Gasteiger charge is 2.31. The molecule has 0 bridgehead atoms. The molecule has 0 unspecified atom stereocenters. The first-order valence-electron chi connectivity index (χ1n) is 8.83. The highest BCUT2D eigenvalue weighted by atomic mass is 19.4. The third kappa shape index (κ3) is 5.06. The van der Waals surface area contributed by atoms with Crippen molar-refractivity contribution in [2.75, 3.05) is 19.6 Å². The molecule has 1 aromatic heterocycles. The molecular formula is C18H22F3N5O. The summed E-state index contributed by atoms with van der Waals surface area (Å²) in [6, 6.07) is 4.49. The van der Waals surface area contributed by atoms with Gasteiger partial charge in [0.15, 0.2) is 0 Å². The number of likely N-dealkylation sites (tertiary alicyclic amines) is 1. The second kappa shape index (κ2) is 8.08. The third-order valence-corrected chi connectivity index (χ3v) is 4.78. The predicted molar refractivity (Wildman–Crippen MR) is 92.8 cm³/mol. The zero-order valence-electron chi connectivity index (χ0n) is 15.0. The molecule has 1 atom stereocenters. The van der Waals surface area contributed by atoms with Gasteiger partial charge < -0.3 is 9.88 Å². The Labute approximate surface area is 155 Å². The van der Waals surface area contributed by atoms with Gasteiger partial charge in [-0.3, -0.25) is 9.69 Å². The van der Waals surface area contributed by atoms with E-state index in [0.717, 1.165) is 43.9 Å². The van der Waals surface area contributed by atoms with Crippen molar-refractivity contribution < 1.29 is 18.0 Å². The van der Waals surface area contributed by atoms with Crippen molar-refractivity contribution in [3.05, 3.63) is 47.5 Å². The zero-order chi connectivity index (χ0) is 19.4. The molecule has 27 heavy (non-hydrogen) atoms. The number of aromatic nitrogens is 3. The number of carbonyl (C=O) groups is 1. The maximum Gasteiger partial charge on any atom is 0.416 e. The lowest BCUT2D eigenvalue weighted by molar-refractivity contribution is -0.137. The van der Waals surface area contributed by atoms with E-state index in [1.54, 1.807) is 6.33 Å². The summed E-state index contributed by atoms with van der Waals surface area (Å²) in [4.78, 5) is 14.5. The highest BCUT2D eigenvalue weighted by molar-refractivity contribution is 5.94. The Bertz CT molecular complexity index is 789. The van der Waals surface area contributed by atoms with Gasteiger partial charge in [-0.05, 0) is 43.5 Å². The Morgan fingerprint density at radius 1 is 1.37 bits per heavy atom. The van der Waals surface area contributed by atoms with Crippen molar-refractivity contribution in [1.29, 1.82) is 0 Å². The number of hydrogen-bond donors (Lipinski definition) is 1. The van der Waals surface area contributed by atoms with Crippen LogP contribution in [0.3, 0.4) is 0 Å². The van der Waals surface area contributed by atoms with Crippen LogP contribution in [-0.4, -0.2) is 45.2 Å². The van der Waals surface area contributed by atoms with Crippen LogP contribution < -0.4 is 5.32 Å². The van der Waals surface area contributed by atoms with Gasteiger partial charge in [0.2, 0.25) is 0 Å². The molecule has 1 aromatic carbocycles. The Morgan fingerprint density at radius 2 is 2.19 bits per heavy atom. The van der Waals surface area contributed by atoms with Crippen LogP contribution in [0.5, 0.6) is 0 Å². The lowest BCUT2D eigenvalue weighted by atomic mass is 9.97. The van der Waals surface area contributed by atoms with Gasteiger partial charge in [-0.2, -0.15) is 13.2 Å². The molecule has 0 radical (unpaired) electrons. The van der Waals surface area contributed by atoms with Crippen molar-refractivity contribution >= 4 is 5.91 Å². The van der Waals surface area contributed by atoms with Gasteiger partial charge in [0, 0.05) is 25.7 Å². The fourth-order valence-electron chi connectivity index (χ4n) is 3.29. The largest absolute Gasteiger partial charge is 0.416 e. The second-order valence-corrected chi connectivity index (χ2v) is 6.89. The highest BCUT2D eigenvalue weighted by Crippen LogP contribution is 2.29. The Hall–Kier alpha value is -2.42. The number of nitrogens with zero attached hydrogens (tertiary/aromatic N) is 4. The minimum absolute atomic E-state index is 0.0246. The van der Waals surface area contributed by atoms with Crippen LogP contribution in [0.4, 0.5) is 13.2 Å². The minimum Gasteiger partial charge on any atom is -0.352 e. The quantitative estimate of drug-likeness (QED) is 0.864. The molecule has 1 N–H and O–H groups in total. The number of alkyl halides is 3. The van der Waals surface area contributed by atoms with E-state index in [-0.39, 0.29) is 11.5 Å². The molecule has 6 nitrogen and oxygen atoms in total. The van der Waals surface area contributed by atoms with Crippen LogP contribution in [0.2, 0.25) is 0 Å². The monoisotopic (exact) mass is 381 g/mol. The predicted octanol–water partition coefficient (Wildman–Crippen LogP) is 2.48. The standard InChI is InChI=1S/C18H22F3N5O/c1-25-12-23-24-16(25)11-26-7-3-4-13(10-26)9-22-17(27)14-5-2-6-15(8-14)18(19,20)21/h2,5-6,8,12-13H,3-4,7,9-11H2,1H3,(H,22,27)/t13-/m0/s1. The van der Waals surface area contributed by atoms with E-state index in [0.29, 0.717) is 13.1 Å². The summed E-state index contributed by atoms with van der Waals surface area (Å²) >= 11 is 0. The van der Waals surface area contributed by atoms with Crippen LogP contribution in [-0.2, 0) is 19.8 Å². The maximum atomic E-state index is 12.8. The molecule has 9 heteroatoms. The Morgan fingerprint density at radius 3 is 2.89 bits per heavy atom. The molecule has 0 aliphatic carbocycles. The summed E-state index contributed by atoms with van der Waals surface area (Å²) in [5.74, 6) is 0.650. The van der Waals surface area contributed by atoms with E-state index < -0.39 is 17.6 Å². The summed E-state index contributed by atoms with van der Waals surface area (Å²) in [5.41, 5.74) is -0.792. The van der Waals surface area contributed by atoms with Crippen LogP contribution >= 0.6 is 0 Å². The Balaban J connectivity index is 1.53. The summed E-state index contributed by atoms with van der Waals surface area (Å²) in [6.07, 6.45) is -0.827. The third-order valence-electron chi connectivity index (χ3n) is 4.78. The fraction of sp³-hybridized carbons (Fsp3) is 0.500. The van der Waals surface area contributed by atoms with Gasteiger partial charge in [-0.1, -0.05) is 6.07 Å². The van der Waals surface area contributed by atoms with Gasteiger partial charge in [-0.25, -0.2) is 0 Å². The number of halogens is 3. The van der Waals surface area contributed by atoms with E-state index in [2.05, 4.69) is 20.4 Å². The van der Waals surface area contributed by atoms with Crippen molar-refractivity contribution in [3.8, 4) is 0 Å². The number of amides is 1. The number of piperidine rings is 1. The van der Waals surface area contributed by atoms with Crippen molar-refractivity contribution in [2.24, 2.45) is 13.0 Å². The first kappa shape index (κ1) is 19.3. The van der Waals surface area contributed by atoms with Crippen LogP contribution in [0.1, 0.15) is 34.6 Å². The minimum atomic E-state index is -4.46. The molecular weight excluding hydrogens is 359 g/mol. The van der Waals surface area contributed by atoms with Crippen molar-refractivity contribution in [3.63, 3.8) is 0 Å². The molecule has 2 aromatic rings. The molecule has 0 spiro atoms. The Kier molecular flexibility index (Phi) is 5.79. The summed E-state index contributed by atoms with van der Waals surface area (Å²) in [7, 11) is 1.89. The number of nitrogens with one attached hydrogen (secondary N) is 1. The summed E-state index contributed by atoms with van der Waals surface area (Å²) in [6.45, 7) is 2.87. The van der Waals surface area contributed by atoms with Gasteiger partial charge >= 0.3 is 6.18 Å². The fourth-order valence-corrected chi connectivity index (χ4v) is 3.29. The summed E-state index contributed by atoms with van der Waals surface area (Å²) in [5, 5.41) is 10.7. The van der Waals surface area contributed by atoms with Crippen LogP contribution in [0.25, 0.3) is 0 Å².